The van der Waals surface area contributed by atoms with Crippen LogP contribution in [0.3, 0.4) is 0 Å². The van der Waals surface area contributed by atoms with Crippen molar-refractivity contribution in [2.24, 2.45) is 0 Å². The summed E-state index contributed by atoms with van der Waals surface area (Å²) >= 11 is 0. The Bertz CT molecular complexity index is 704. The molecule has 1 atom stereocenters. The normalized spacial score (nSPS) is 12.8. The lowest BCUT2D eigenvalue weighted by atomic mass is 10.3. The summed E-state index contributed by atoms with van der Waals surface area (Å²) < 4.78 is 21.9. The van der Waals surface area contributed by atoms with Gasteiger partial charge in [0.05, 0.1) is 0 Å². The lowest BCUT2D eigenvalue weighted by Gasteiger charge is -2.15. The van der Waals surface area contributed by atoms with E-state index in [1.54, 1.807) is 56.6 Å². The first kappa shape index (κ1) is 16.9. The highest BCUT2D eigenvalue weighted by atomic mass is 31.2. The molecule has 8 heteroatoms. The molecule has 0 fully saturated rings. The molecule has 0 aliphatic carbocycles. The number of phosphoric ester groups is 1. The van der Waals surface area contributed by atoms with Gasteiger partial charge in [-0.05, 0) is 36.4 Å². The van der Waals surface area contributed by atoms with Gasteiger partial charge in [-0.3, -0.25) is 4.89 Å². The van der Waals surface area contributed by atoms with Gasteiger partial charge in [0, 0.05) is 19.8 Å². The number of carbonyl (C=O) groups excluding carboxylic acids is 1. The topological polar surface area (TPSA) is 88.1 Å². The SMILES string of the molecule is CN(C)C(=O)Nc1ccc(OP(=O)(O)Oc2ccccc2)cc1. The van der Waals surface area contributed by atoms with Crippen LogP contribution in [0.2, 0.25) is 0 Å². The molecular weight excluding hydrogens is 319 g/mol. The molecule has 0 heterocycles. The second-order valence-electron chi connectivity index (χ2n) is 4.81. The Hall–Kier alpha value is -2.50. The number of nitrogens with one attached hydrogen (secondary N) is 1. The second-order valence-corrected chi connectivity index (χ2v) is 6.12. The summed E-state index contributed by atoms with van der Waals surface area (Å²) in [5.41, 5.74) is 0.535. The summed E-state index contributed by atoms with van der Waals surface area (Å²) in [7, 11) is -1.05. The van der Waals surface area contributed by atoms with Crippen molar-refractivity contribution in [1.82, 2.24) is 4.90 Å². The van der Waals surface area contributed by atoms with E-state index in [-0.39, 0.29) is 17.5 Å². The summed E-state index contributed by atoms with van der Waals surface area (Å²) in [6.45, 7) is 0. The molecule has 2 N–H and O–H groups in total. The Balaban J connectivity index is 1.99. The fourth-order valence-electron chi connectivity index (χ4n) is 1.60. The van der Waals surface area contributed by atoms with Crippen LogP contribution in [0.25, 0.3) is 0 Å². The van der Waals surface area contributed by atoms with Gasteiger partial charge in [-0.1, -0.05) is 18.2 Å². The summed E-state index contributed by atoms with van der Waals surface area (Å²) in [6, 6.07) is 14.0. The summed E-state index contributed by atoms with van der Waals surface area (Å²) in [5, 5.41) is 2.64. The van der Waals surface area contributed by atoms with E-state index in [9.17, 15) is 14.3 Å². The summed E-state index contributed by atoms with van der Waals surface area (Å²) in [5.74, 6) is 0.378. The van der Waals surface area contributed by atoms with Crippen molar-refractivity contribution >= 4 is 19.5 Å². The number of para-hydroxylation sites is 1. The molecule has 7 nitrogen and oxygen atoms in total. The maximum absolute atomic E-state index is 11.9. The first-order chi connectivity index (χ1) is 10.9. The Morgan fingerprint density at radius 1 is 1.00 bits per heavy atom. The van der Waals surface area contributed by atoms with Gasteiger partial charge in [0.1, 0.15) is 11.5 Å². The van der Waals surface area contributed by atoms with Crippen LogP contribution in [0.5, 0.6) is 11.5 Å². The third kappa shape index (κ3) is 5.32. The first-order valence-electron chi connectivity index (χ1n) is 6.71. The molecule has 2 rings (SSSR count). The maximum atomic E-state index is 11.9. The molecule has 0 radical (unpaired) electrons. The van der Waals surface area contributed by atoms with Gasteiger partial charge < -0.3 is 19.3 Å². The smallest absolute Gasteiger partial charge is 0.395 e. The van der Waals surface area contributed by atoms with E-state index in [2.05, 4.69) is 5.32 Å². The van der Waals surface area contributed by atoms with Crippen molar-refractivity contribution in [1.29, 1.82) is 0 Å². The molecular formula is C15H17N2O5P. The van der Waals surface area contributed by atoms with Gasteiger partial charge >= 0.3 is 13.9 Å². The number of nitrogens with zero attached hydrogens (tertiary/aromatic N) is 1. The number of anilines is 1. The van der Waals surface area contributed by atoms with E-state index in [1.165, 1.54) is 17.0 Å². The van der Waals surface area contributed by atoms with Crippen molar-refractivity contribution in [3.63, 3.8) is 0 Å². The molecule has 0 spiro atoms. The van der Waals surface area contributed by atoms with Gasteiger partial charge in [-0.2, -0.15) is 0 Å². The second kappa shape index (κ2) is 7.17. The molecule has 0 saturated carbocycles. The Labute approximate surface area is 134 Å². The lowest BCUT2D eigenvalue weighted by Crippen LogP contribution is -2.27. The minimum atomic E-state index is -4.29. The van der Waals surface area contributed by atoms with Crippen LogP contribution in [-0.2, 0) is 4.57 Å². The molecule has 2 aromatic carbocycles. The number of carbonyl (C=O) groups is 1. The minimum absolute atomic E-state index is 0.148. The minimum Gasteiger partial charge on any atom is -0.395 e. The maximum Gasteiger partial charge on any atom is 0.584 e. The Kier molecular flexibility index (Phi) is 5.26. The Morgan fingerprint density at radius 3 is 2.04 bits per heavy atom. The van der Waals surface area contributed by atoms with Crippen molar-refractivity contribution in [2.75, 3.05) is 19.4 Å². The van der Waals surface area contributed by atoms with Gasteiger partial charge in [0.25, 0.3) is 0 Å². The predicted molar refractivity (Wildman–Crippen MR) is 86.7 cm³/mol. The van der Waals surface area contributed by atoms with Crippen LogP contribution in [-0.4, -0.2) is 29.9 Å². The fourth-order valence-corrected chi connectivity index (χ4v) is 2.41. The molecule has 0 aromatic heterocycles. The van der Waals surface area contributed by atoms with Gasteiger partial charge in [-0.15, -0.1) is 0 Å². The van der Waals surface area contributed by atoms with E-state index in [4.69, 9.17) is 9.05 Å². The van der Waals surface area contributed by atoms with Crippen molar-refractivity contribution in [2.45, 2.75) is 0 Å². The van der Waals surface area contributed by atoms with E-state index >= 15 is 0 Å². The number of phosphoric acid groups is 1. The molecule has 0 bridgehead atoms. The number of urea groups is 1. The zero-order valence-electron chi connectivity index (χ0n) is 12.7. The molecule has 0 saturated heterocycles. The Morgan fingerprint density at radius 2 is 1.52 bits per heavy atom. The monoisotopic (exact) mass is 336 g/mol. The summed E-state index contributed by atoms with van der Waals surface area (Å²) in [6.07, 6.45) is 0. The van der Waals surface area contributed by atoms with Crippen LogP contribution in [0, 0.1) is 0 Å². The molecule has 122 valence electrons. The zero-order valence-corrected chi connectivity index (χ0v) is 13.6. The number of hydrogen-bond donors (Lipinski definition) is 2. The largest absolute Gasteiger partial charge is 0.584 e. The number of amides is 2. The quantitative estimate of drug-likeness (QED) is 0.818. The highest BCUT2D eigenvalue weighted by Crippen LogP contribution is 2.44. The van der Waals surface area contributed by atoms with Gasteiger partial charge in [0.2, 0.25) is 0 Å². The van der Waals surface area contributed by atoms with Crippen LogP contribution in [0.1, 0.15) is 0 Å². The number of rotatable bonds is 5. The highest BCUT2D eigenvalue weighted by molar-refractivity contribution is 7.48. The van der Waals surface area contributed by atoms with Crippen molar-refractivity contribution < 1.29 is 23.3 Å². The molecule has 1 unspecified atom stereocenters. The van der Waals surface area contributed by atoms with Gasteiger partial charge in [-0.25, -0.2) is 9.36 Å². The third-order valence-electron chi connectivity index (χ3n) is 2.70. The lowest BCUT2D eigenvalue weighted by molar-refractivity contribution is 0.230. The van der Waals surface area contributed by atoms with E-state index in [0.717, 1.165) is 0 Å². The standard InChI is InChI=1S/C15H17N2O5P/c1-17(2)15(18)16-12-8-10-14(11-9-12)22-23(19,20)21-13-6-4-3-5-7-13/h3-11H,1-2H3,(H,16,18)(H,19,20). The van der Waals surface area contributed by atoms with Crippen molar-refractivity contribution in [3.8, 4) is 11.5 Å². The molecule has 0 aliphatic rings. The van der Waals surface area contributed by atoms with E-state index in [1.807, 2.05) is 0 Å². The third-order valence-corrected chi connectivity index (χ3v) is 3.58. The van der Waals surface area contributed by atoms with Crippen LogP contribution >= 0.6 is 7.82 Å². The van der Waals surface area contributed by atoms with E-state index < -0.39 is 7.82 Å². The van der Waals surface area contributed by atoms with Gasteiger partial charge in [0.15, 0.2) is 0 Å². The number of hydrogen-bond acceptors (Lipinski definition) is 4. The predicted octanol–water partition coefficient (Wildman–Crippen LogP) is 3.34. The van der Waals surface area contributed by atoms with Crippen LogP contribution in [0.15, 0.2) is 54.6 Å². The summed E-state index contributed by atoms with van der Waals surface area (Å²) in [4.78, 5) is 22.6. The van der Waals surface area contributed by atoms with E-state index in [0.29, 0.717) is 5.69 Å². The van der Waals surface area contributed by atoms with Crippen LogP contribution in [0.4, 0.5) is 10.5 Å². The fraction of sp³-hybridized carbons (Fsp3) is 0.133. The molecule has 2 amide bonds. The van der Waals surface area contributed by atoms with Crippen LogP contribution < -0.4 is 14.4 Å². The molecule has 2 aromatic rings. The van der Waals surface area contributed by atoms with Crippen molar-refractivity contribution in [3.05, 3.63) is 54.6 Å². The molecule has 23 heavy (non-hydrogen) atoms. The average Bonchev–Trinajstić information content (AvgIpc) is 2.49. The highest BCUT2D eigenvalue weighted by Gasteiger charge is 2.24. The average molecular weight is 336 g/mol. The molecule has 0 aliphatic heterocycles. The first-order valence-corrected chi connectivity index (χ1v) is 8.21. The number of benzene rings is 2. The zero-order chi connectivity index (χ0) is 16.9.